The van der Waals surface area contributed by atoms with E-state index in [1.807, 2.05) is 39.6 Å². The van der Waals surface area contributed by atoms with Gasteiger partial charge in [-0.15, -0.1) is 10.2 Å². The number of nitrogens with zero attached hydrogens (tertiary/aromatic N) is 6. The molecule has 5 aromatic rings. The molecule has 0 spiro atoms. The van der Waals surface area contributed by atoms with Gasteiger partial charge in [0.1, 0.15) is 0 Å². The summed E-state index contributed by atoms with van der Waals surface area (Å²) in [5.74, 6) is 0.503. The molecule has 3 heterocycles. The molecule has 1 N–H and O–H groups in total. The van der Waals surface area contributed by atoms with E-state index in [4.69, 9.17) is 0 Å². The first kappa shape index (κ1) is 23.4. The number of hydrogen-bond acceptors (Lipinski definition) is 5. The van der Waals surface area contributed by atoms with Crippen molar-refractivity contribution < 1.29 is 0 Å². The number of unbranched alkanes of at least 4 members (excludes halogenated alkanes) is 1. The number of aromatic nitrogens is 7. The third kappa shape index (κ3) is 4.62. The maximum Gasteiger partial charge on any atom is 0.333 e. The number of tetrazole rings is 1. The van der Waals surface area contributed by atoms with E-state index in [0.717, 1.165) is 64.9 Å². The lowest BCUT2D eigenvalue weighted by Gasteiger charge is -2.10. The Kier molecular flexibility index (Phi) is 6.84. The van der Waals surface area contributed by atoms with Crippen molar-refractivity contribution in [3.63, 3.8) is 0 Å². The zero-order valence-corrected chi connectivity index (χ0v) is 20.6. The fraction of sp³-hybridized carbons (Fsp3) is 0.250. The van der Waals surface area contributed by atoms with Gasteiger partial charge in [0.25, 0.3) is 0 Å². The van der Waals surface area contributed by atoms with Gasteiger partial charge in [-0.25, -0.2) is 4.79 Å². The van der Waals surface area contributed by atoms with Crippen molar-refractivity contribution in [1.29, 1.82) is 0 Å². The van der Waals surface area contributed by atoms with E-state index in [9.17, 15) is 4.79 Å². The molecule has 0 amide bonds. The molecule has 8 heteroatoms. The van der Waals surface area contributed by atoms with Gasteiger partial charge in [-0.3, -0.25) is 14.1 Å². The average molecular weight is 480 g/mol. The molecular formula is C28H29N7O. The van der Waals surface area contributed by atoms with Gasteiger partial charge < -0.3 is 0 Å². The van der Waals surface area contributed by atoms with Crippen LogP contribution in [0, 0.1) is 0 Å². The molecule has 5 rings (SSSR count). The summed E-state index contributed by atoms with van der Waals surface area (Å²) >= 11 is 0. The Balaban J connectivity index is 1.48. The molecule has 0 unspecified atom stereocenters. The van der Waals surface area contributed by atoms with Crippen molar-refractivity contribution in [2.45, 2.75) is 46.1 Å². The fourth-order valence-electron chi connectivity index (χ4n) is 4.54. The van der Waals surface area contributed by atoms with Crippen LogP contribution >= 0.6 is 0 Å². The van der Waals surface area contributed by atoms with Crippen LogP contribution in [-0.4, -0.2) is 34.7 Å². The van der Waals surface area contributed by atoms with Crippen LogP contribution in [0.5, 0.6) is 0 Å². The highest BCUT2D eigenvalue weighted by molar-refractivity contribution is 5.79. The zero-order chi connectivity index (χ0) is 24.9. The number of pyridine rings is 1. The van der Waals surface area contributed by atoms with Crippen molar-refractivity contribution in [1.82, 2.24) is 34.7 Å². The Labute approximate surface area is 209 Å². The maximum atomic E-state index is 13.6. The average Bonchev–Trinajstić information content (AvgIpc) is 3.57. The highest BCUT2D eigenvalue weighted by Gasteiger charge is 2.15. The molecule has 182 valence electrons. The SMILES string of the molecule is CCCCc1cn(-c2ccccc2CC)c(=O)n1Cc1ccc(-c2ccncc2-c2nn[nH]n2)cc1. The second kappa shape index (κ2) is 10.5. The van der Waals surface area contributed by atoms with Gasteiger partial charge in [-0.2, -0.15) is 5.21 Å². The monoisotopic (exact) mass is 479 g/mol. The molecule has 0 fully saturated rings. The van der Waals surface area contributed by atoms with Crippen LogP contribution in [0.4, 0.5) is 0 Å². The van der Waals surface area contributed by atoms with Crippen LogP contribution in [-0.2, 0) is 19.4 Å². The second-order valence-electron chi connectivity index (χ2n) is 8.80. The van der Waals surface area contributed by atoms with Crippen LogP contribution in [0.3, 0.4) is 0 Å². The first-order valence-corrected chi connectivity index (χ1v) is 12.4. The van der Waals surface area contributed by atoms with E-state index < -0.39 is 0 Å². The van der Waals surface area contributed by atoms with Crippen LogP contribution < -0.4 is 5.69 Å². The van der Waals surface area contributed by atoms with Gasteiger partial charge in [-0.05, 0) is 58.9 Å². The van der Waals surface area contributed by atoms with Crippen LogP contribution in [0.15, 0.2) is 78.0 Å². The lowest BCUT2D eigenvalue weighted by Crippen LogP contribution is -2.25. The van der Waals surface area contributed by atoms with E-state index in [2.05, 4.69) is 69.8 Å². The molecular weight excluding hydrogens is 450 g/mol. The van der Waals surface area contributed by atoms with Gasteiger partial charge in [0.2, 0.25) is 5.82 Å². The van der Waals surface area contributed by atoms with Crippen molar-refractivity contribution in [2.24, 2.45) is 0 Å². The summed E-state index contributed by atoms with van der Waals surface area (Å²) in [5.41, 5.74) is 7.06. The summed E-state index contributed by atoms with van der Waals surface area (Å²) in [4.78, 5) is 17.8. The van der Waals surface area contributed by atoms with Crippen molar-refractivity contribution >= 4 is 0 Å². The summed E-state index contributed by atoms with van der Waals surface area (Å²) < 4.78 is 3.72. The van der Waals surface area contributed by atoms with Crippen molar-refractivity contribution in [2.75, 3.05) is 0 Å². The van der Waals surface area contributed by atoms with Gasteiger partial charge >= 0.3 is 5.69 Å². The Hall–Kier alpha value is -4.33. The molecule has 0 aliphatic carbocycles. The third-order valence-electron chi connectivity index (χ3n) is 6.49. The molecule has 0 radical (unpaired) electrons. The molecule has 0 saturated carbocycles. The molecule has 3 aromatic heterocycles. The number of para-hydroxylation sites is 1. The first-order chi connectivity index (χ1) is 17.7. The smallest absolute Gasteiger partial charge is 0.292 e. The number of imidazole rings is 1. The Bertz CT molecular complexity index is 1500. The standard InChI is InChI=1S/C28H29N7O/c1-3-5-9-23-19-35(26-10-7-6-8-21(26)4-2)28(36)34(23)18-20-11-13-22(14-12-20)24-15-16-29-17-25(24)27-30-32-33-31-27/h6-8,10-17,19H,3-5,9,18H2,1-2H3,(H,30,31,32,33). The van der Waals surface area contributed by atoms with Crippen molar-refractivity contribution in [3.8, 4) is 28.2 Å². The number of H-pyrrole nitrogens is 1. The van der Waals surface area contributed by atoms with Crippen LogP contribution in [0.25, 0.3) is 28.2 Å². The predicted molar refractivity (Wildman–Crippen MR) is 140 cm³/mol. The zero-order valence-electron chi connectivity index (χ0n) is 20.6. The fourth-order valence-corrected chi connectivity index (χ4v) is 4.54. The van der Waals surface area contributed by atoms with E-state index >= 15 is 0 Å². The number of aryl methyl sites for hydroxylation is 2. The van der Waals surface area contributed by atoms with Gasteiger partial charge in [0.05, 0.1) is 12.2 Å². The van der Waals surface area contributed by atoms with E-state index in [0.29, 0.717) is 12.4 Å². The minimum atomic E-state index is -0.000365. The number of nitrogens with one attached hydrogen (secondary N) is 1. The third-order valence-corrected chi connectivity index (χ3v) is 6.49. The normalized spacial score (nSPS) is 11.2. The Morgan fingerprint density at radius 3 is 2.56 bits per heavy atom. The van der Waals surface area contributed by atoms with Gasteiger partial charge in [0.15, 0.2) is 0 Å². The van der Waals surface area contributed by atoms with E-state index in [1.54, 1.807) is 12.4 Å². The van der Waals surface area contributed by atoms with E-state index in [1.165, 1.54) is 0 Å². The Morgan fingerprint density at radius 2 is 1.81 bits per heavy atom. The highest BCUT2D eigenvalue weighted by Crippen LogP contribution is 2.29. The lowest BCUT2D eigenvalue weighted by atomic mass is 10.00. The number of benzene rings is 2. The highest BCUT2D eigenvalue weighted by atomic mass is 16.1. The van der Waals surface area contributed by atoms with Crippen LogP contribution in [0.2, 0.25) is 0 Å². The Morgan fingerprint density at radius 1 is 0.972 bits per heavy atom. The second-order valence-corrected chi connectivity index (χ2v) is 8.80. The predicted octanol–water partition coefficient (Wildman–Crippen LogP) is 4.83. The summed E-state index contributed by atoms with van der Waals surface area (Å²) in [6.07, 6.45) is 9.38. The first-order valence-electron chi connectivity index (χ1n) is 12.4. The molecule has 2 aromatic carbocycles. The molecule has 0 bridgehead atoms. The minimum Gasteiger partial charge on any atom is -0.292 e. The van der Waals surface area contributed by atoms with Gasteiger partial charge in [0, 0.05) is 29.8 Å². The van der Waals surface area contributed by atoms with Crippen molar-refractivity contribution in [3.05, 3.63) is 100 Å². The van der Waals surface area contributed by atoms with Gasteiger partial charge in [-0.1, -0.05) is 62.7 Å². The topological polar surface area (TPSA) is 94.3 Å². The maximum absolute atomic E-state index is 13.6. The molecule has 0 aliphatic rings. The summed E-state index contributed by atoms with van der Waals surface area (Å²) in [6, 6.07) is 18.3. The van der Waals surface area contributed by atoms with E-state index in [-0.39, 0.29) is 5.69 Å². The molecule has 0 atom stereocenters. The summed E-state index contributed by atoms with van der Waals surface area (Å²) in [6.45, 7) is 4.81. The number of aromatic amines is 1. The molecule has 8 nitrogen and oxygen atoms in total. The summed E-state index contributed by atoms with van der Waals surface area (Å²) in [5, 5.41) is 14.4. The minimum absolute atomic E-state index is 0.000365. The largest absolute Gasteiger partial charge is 0.333 e. The summed E-state index contributed by atoms with van der Waals surface area (Å²) in [7, 11) is 0. The molecule has 0 saturated heterocycles. The van der Waals surface area contributed by atoms with Crippen LogP contribution in [0.1, 0.15) is 43.5 Å². The molecule has 0 aliphatic heterocycles. The number of hydrogen-bond donors (Lipinski definition) is 1. The lowest BCUT2D eigenvalue weighted by molar-refractivity contribution is 0.673. The quantitative estimate of drug-likeness (QED) is 0.327. The molecule has 36 heavy (non-hydrogen) atoms. The number of rotatable bonds is 9.